The number of esters is 1. The molecule has 0 heterocycles. The Balaban J connectivity index is 2.74. The lowest BCUT2D eigenvalue weighted by atomic mass is 9.88. The van der Waals surface area contributed by atoms with Gasteiger partial charge in [0.1, 0.15) is 30.0 Å². The number of hydrogen-bond acceptors (Lipinski definition) is 6. The number of alkyl carbamates (subject to hydrolysis) is 1. The molecule has 0 radical (unpaired) electrons. The Morgan fingerprint density at radius 2 is 1.66 bits per heavy atom. The normalized spacial score (nSPS) is 13.3. The highest BCUT2D eigenvalue weighted by atomic mass is 16.6. The number of ketones is 1. The average molecular weight is 407 g/mol. The summed E-state index contributed by atoms with van der Waals surface area (Å²) in [5.41, 5.74) is -0.0497. The van der Waals surface area contributed by atoms with Crippen molar-refractivity contribution in [2.75, 3.05) is 0 Å². The number of benzene rings is 1. The van der Waals surface area contributed by atoms with Gasteiger partial charge in [-0.2, -0.15) is 0 Å². The maximum absolute atomic E-state index is 12.6. The molecule has 1 amide bonds. The van der Waals surface area contributed by atoms with Crippen molar-refractivity contribution in [3.63, 3.8) is 0 Å². The minimum Gasteiger partial charge on any atom is -0.480 e. The zero-order valence-electron chi connectivity index (χ0n) is 17.4. The van der Waals surface area contributed by atoms with E-state index in [-0.39, 0.29) is 6.61 Å². The molecule has 0 aliphatic carbocycles. The number of carboxylic acids is 1. The van der Waals surface area contributed by atoms with Gasteiger partial charge in [0.05, 0.1) is 0 Å². The van der Waals surface area contributed by atoms with Gasteiger partial charge >= 0.3 is 18.0 Å². The van der Waals surface area contributed by atoms with E-state index in [4.69, 9.17) is 9.47 Å². The number of carbonyl (C=O) groups is 4. The maximum atomic E-state index is 12.6. The van der Waals surface area contributed by atoms with Gasteiger partial charge in [0.25, 0.3) is 0 Å². The quantitative estimate of drug-likeness (QED) is 0.477. The fraction of sp³-hybridized carbons (Fsp3) is 0.524. The second-order valence-electron chi connectivity index (χ2n) is 8.02. The van der Waals surface area contributed by atoms with E-state index in [1.165, 1.54) is 0 Å². The van der Waals surface area contributed by atoms with Crippen LogP contribution >= 0.6 is 0 Å². The summed E-state index contributed by atoms with van der Waals surface area (Å²) in [7, 11) is 0. The molecule has 0 fully saturated rings. The van der Waals surface area contributed by atoms with E-state index in [2.05, 4.69) is 5.32 Å². The lowest BCUT2D eigenvalue weighted by molar-refractivity contribution is -0.164. The van der Waals surface area contributed by atoms with Gasteiger partial charge in [-0.1, -0.05) is 44.2 Å². The number of ether oxygens (including phenoxy) is 2. The van der Waals surface area contributed by atoms with Gasteiger partial charge in [-0.05, 0) is 32.3 Å². The minimum absolute atomic E-state index is 0.0422. The van der Waals surface area contributed by atoms with Crippen LogP contribution in [0.25, 0.3) is 0 Å². The summed E-state index contributed by atoms with van der Waals surface area (Å²) in [5.74, 6) is -4.25. The molecule has 1 aromatic carbocycles. The van der Waals surface area contributed by atoms with Crippen LogP contribution in [-0.2, 0) is 30.5 Å². The van der Waals surface area contributed by atoms with Crippen molar-refractivity contribution in [2.24, 2.45) is 11.8 Å². The van der Waals surface area contributed by atoms with E-state index in [1.54, 1.807) is 58.9 Å². The van der Waals surface area contributed by atoms with Crippen molar-refractivity contribution < 1.29 is 33.8 Å². The molecule has 1 aromatic rings. The first kappa shape index (κ1) is 24.1. The predicted molar refractivity (Wildman–Crippen MR) is 105 cm³/mol. The summed E-state index contributed by atoms with van der Waals surface area (Å²) in [5, 5.41) is 11.5. The molecule has 2 atom stereocenters. The molecule has 0 saturated heterocycles. The average Bonchev–Trinajstić information content (AvgIpc) is 2.58. The third-order valence-electron chi connectivity index (χ3n) is 3.88. The van der Waals surface area contributed by atoms with E-state index in [0.717, 1.165) is 5.56 Å². The van der Waals surface area contributed by atoms with Crippen molar-refractivity contribution >= 4 is 23.8 Å². The van der Waals surface area contributed by atoms with Gasteiger partial charge in [-0.3, -0.25) is 9.59 Å². The zero-order valence-corrected chi connectivity index (χ0v) is 17.4. The van der Waals surface area contributed by atoms with E-state index in [0.29, 0.717) is 0 Å². The van der Waals surface area contributed by atoms with Crippen molar-refractivity contribution in [2.45, 2.75) is 59.3 Å². The van der Waals surface area contributed by atoms with E-state index < -0.39 is 53.7 Å². The molecule has 29 heavy (non-hydrogen) atoms. The highest BCUT2D eigenvalue weighted by Gasteiger charge is 2.36. The molecule has 2 N–H and O–H groups in total. The minimum atomic E-state index is -1.52. The van der Waals surface area contributed by atoms with Gasteiger partial charge in [0.2, 0.25) is 0 Å². The van der Waals surface area contributed by atoms with E-state index in [9.17, 15) is 24.3 Å². The number of Topliss-reactive ketones (excluding diaryl/α,β-unsaturated/α-hetero) is 1. The van der Waals surface area contributed by atoms with Crippen LogP contribution in [-0.4, -0.2) is 40.6 Å². The molecule has 0 aromatic heterocycles. The van der Waals surface area contributed by atoms with Crippen molar-refractivity contribution in [3.8, 4) is 0 Å². The Hall–Kier alpha value is -2.90. The van der Waals surface area contributed by atoms with Gasteiger partial charge in [-0.15, -0.1) is 0 Å². The topological polar surface area (TPSA) is 119 Å². The second kappa shape index (κ2) is 10.6. The monoisotopic (exact) mass is 407 g/mol. The summed E-state index contributed by atoms with van der Waals surface area (Å²) in [4.78, 5) is 48.4. The van der Waals surface area contributed by atoms with Crippen LogP contribution in [0, 0.1) is 11.8 Å². The van der Waals surface area contributed by atoms with Crippen LogP contribution in [0.1, 0.15) is 46.6 Å². The molecular weight excluding hydrogens is 378 g/mol. The molecule has 0 aliphatic heterocycles. The van der Waals surface area contributed by atoms with Gasteiger partial charge < -0.3 is 19.9 Å². The first-order valence-electron chi connectivity index (χ1n) is 9.36. The van der Waals surface area contributed by atoms with E-state index in [1.807, 2.05) is 6.07 Å². The number of amides is 1. The summed E-state index contributed by atoms with van der Waals surface area (Å²) >= 11 is 0. The Morgan fingerprint density at radius 1 is 1.07 bits per heavy atom. The number of aliphatic carboxylic acids is 1. The van der Waals surface area contributed by atoms with Crippen LogP contribution in [0.3, 0.4) is 0 Å². The van der Waals surface area contributed by atoms with Gasteiger partial charge in [0, 0.05) is 6.42 Å². The largest absolute Gasteiger partial charge is 0.480 e. The van der Waals surface area contributed by atoms with Crippen LogP contribution < -0.4 is 5.32 Å². The number of carboxylic acid groups (broad SMARTS) is 1. The van der Waals surface area contributed by atoms with Crippen LogP contribution in [0.5, 0.6) is 0 Å². The second-order valence-corrected chi connectivity index (χ2v) is 8.02. The standard InChI is InChI=1S/C21H29NO7/c1-13(2)17(19(26)29-21(3,4)5)16(23)11-15(18(24)25)22-20(27)28-12-14-9-7-6-8-10-14/h6-10,13,15,17H,11-12H2,1-5H3,(H,22,27)(H,24,25)/t15?,17-/m0/s1. The first-order valence-corrected chi connectivity index (χ1v) is 9.36. The van der Waals surface area contributed by atoms with Crippen molar-refractivity contribution in [3.05, 3.63) is 35.9 Å². The van der Waals surface area contributed by atoms with Crippen LogP contribution in [0.4, 0.5) is 4.79 Å². The first-order chi connectivity index (χ1) is 13.4. The Kier molecular flexibility index (Phi) is 8.82. The number of hydrogen-bond donors (Lipinski definition) is 2. The number of carbonyl (C=O) groups excluding carboxylic acids is 3. The number of nitrogens with one attached hydrogen (secondary N) is 1. The third kappa shape index (κ3) is 8.76. The number of rotatable bonds is 9. The smallest absolute Gasteiger partial charge is 0.408 e. The fourth-order valence-electron chi connectivity index (χ4n) is 2.58. The van der Waals surface area contributed by atoms with Crippen molar-refractivity contribution in [1.29, 1.82) is 0 Å². The zero-order chi connectivity index (χ0) is 22.2. The SMILES string of the molecule is CC(C)[C@@H](C(=O)CC(NC(=O)OCc1ccccc1)C(=O)O)C(=O)OC(C)(C)C. The Morgan fingerprint density at radius 3 is 2.14 bits per heavy atom. The summed E-state index contributed by atoms with van der Waals surface area (Å²) in [6.45, 7) is 8.33. The third-order valence-corrected chi connectivity index (χ3v) is 3.88. The van der Waals surface area contributed by atoms with E-state index >= 15 is 0 Å². The lowest BCUT2D eigenvalue weighted by Gasteiger charge is -2.26. The molecular formula is C21H29NO7. The van der Waals surface area contributed by atoms with Gasteiger partial charge in [0.15, 0.2) is 0 Å². The predicted octanol–water partition coefficient (Wildman–Crippen LogP) is 2.94. The summed E-state index contributed by atoms with van der Waals surface area (Å²) < 4.78 is 10.3. The van der Waals surface area contributed by atoms with Crippen LogP contribution in [0.2, 0.25) is 0 Å². The van der Waals surface area contributed by atoms with Crippen LogP contribution in [0.15, 0.2) is 30.3 Å². The van der Waals surface area contributed by atoms with Gasteiger partial charge in [-0.25, -0.2) is 9.59 Å². The molecule has 0 bridgehead atoms. The molecule has 160 valence electrons. The molecule has 0 spiro atoms. The lowest BCUT2D eigenvalue weighted by Crippen LogP contribution is -2.45. The Labute approximate surface area is 170 Å². The molecule has 0 saturated carbocycles. The van der Waals surface area contributed by atoms with Crippen molar-refractivity contribution in [1.82, 2.24) is 5.32 Å². The fourth-order valence-corrected chi connectivity index (χ4v) is 2.58. The molecule has 1 rings (SSSR count). The molecule has 0 aliphatic rings. The summed E-state index contributed by atoms with van der Waals surface area (Å²) in [6, 6.07) is 7.34. The molecule has 8 nitrogen and oxygen atoms in total. The summed E-state index contributed by atoms with van der Waals surface area (Å²) in [6.07, 6.45) is -1.52. The molecule has 8 heteroatoms. The maximum Gasteiger partial charge on any atom is 0.408 e. The highest BCUT2D eigenvalue weighted by Crippen LogP contribution is 2.20. The molecule has 1 unspecified atom stereocenters. The Bertz CT molecular complexity index is 722. The highest BCUT2D eigenvalue weighted by molar-refractivity contribution is 6.01.